The van der Waals surface area contributed by atoms with E-state index in [9.17, 15) is 9.59 Å². The van der Waals surface area contributed by atoms with E-state index in [1.165, 1.54) is 22.7 Å². The molecule has 0 amide bonds. The molecule has 8 heteroatoms. The molecule has 0 unspecified atom stereocenters. The van der Waals surface area contributed by atoms with Gasteiger partial charge in [-0.1, -0.05) is 6.07 Å². The molecule has 0 saturated carbocycles. The van der Waals surface area contributed by atoms with Gasteiger partial charge >= 0.3 is 5.97 Å². The summed E-state index contributed by atoms with van der Waals surface area (Å²) in [6, 6.07) is 8.69. The van der Waals surface area contributed by atoms with Gasteiger partial charge in [0.05, 0.1) is 13.1 Å². The summed E-state index contributed by atoms with van der Waals surface area (Å²) in [7, 11) is 0. The Morgan fingerprint density at radius 1 is 1.00 bits per heavy atom. The number of aromatic nitrogens is 1. The summed E-state index contributed by atoms with van der Waals surface area (Å²) in [5.74, 6) is 0.0190. The summed E-state index contributed by atoms with van der Waals surface area (Å²) in [5, 5.41) is 3.71. The molecule has 0 radical (unpaired) electrons. The van der Waals surface area contributed by atoms with Crippen LogP contribution in [0, 0.1) is 0 Å². The lowest BCUT2D eigenvalue weighted by Gasteiger charge is -2.00. The molecule has 3 aromatic rings. The number of hydrogen-bond acceptors (Lipinski definition) is 6. The highest BCUT2D eigenvalue weighted by atomic mass is 79.9. The lowest BCUT2D eigenvalue weighted by Crippen LogP contribution is -2.08. The van der Waals surface area contributed by atoms with E-state index < -0.39 is 5.97 Å². The second-order valence-corrected chi connectivity index (χ2v) is 8.80. The van der Waals surface area contributed by atoms with Crippen LogP contribution in [-0.4, -0.2) is 16.7 Å². The van der Waals surface area contributed by atoms with Crippen molar-refractivity contribution in [1.82, 2.24) is 4.98 Å². The highest BCUT2D eigenvalue weighted by Crippen LogP contribution is 2.24. The smallest absolute Gasteiger partial charge is 0.346 e. The third kappa shape index (κ3) is 5.34. The van der Waals surface area contributed by atoms with Crippen molar-refractivity contribution in [2.24, 2.45) is 0 Å². The topological polar surface area (TPSA) is 56.3 Å². The molecule has 0 aromatic carbocycles. The standard InChI is InChI=1S/C10H6BrNO2S.C6H5BrOS/c11-9-7(4-6-15-9)10(13)14-8-3-1-2-5-12-8;1-4(8)5-2-3-9-6(5)7/h1-6H;2-3H,1H3. The lowest BCUT2D eigenvalue weighted by atomic mass is 10.2. The average Bonchev–Trinajstić information content (AvgIpc) is 3.17. The normalized spacial score (nSPS) is 9.79. The van der Waals surface area contributed by atoms with Gasteiger partial charge in [-0.3, -0.25) is 4.79 Å². The number of carbonyl (C=O) groups excluding carboxylic acids is 2. The number of esters is 1. The number of hydrogen-bond donors (Lipinski definition) is 0. The van der Waals surface area contributed by atoms with E-state index in [-0.39, 0.29) is 5.78 Å². The summed E-state index contributed by atoms with van der Waals surface area (Å²) in [6.45, 7) is 1.56. The Balaban J connectivity index is 0.000000198. The van der Waals surface area contributed by atoms with Crippen molar-refractivity contribution in [3.05, 3.63) is 66.0 Å². The van der Waals surface area contributed by atoms with Crippen molar-refractivity contribution < 1.29 is 14.3 Å². The summed E-state index contributed by atoms with van der Waals surface area (Å²) in [4.78, 5) is 26.2. The average molecular weight is 489 g/mol. The van der Waals surface area contributed by atoms with Crippen LogP contribution < -0.4 is 4.74 Å². The molecule has 3 rings (SSSR count). The summed E-state index contributed by atoms with van der Waals surface area (Å²) >= 11 is 9.51. The van der Waals surface area contributed by atoms with Crippen LogP contribution in [0.15, 0.2) is 54.9 Å². The zero-order valence-corrected chi connectivity index (χ0v) is 17.2. The molecular weight excluding hydrogens is 478 g/mol. The molecule has 124 valence electrons. The number of carbonyl (C=O) groups is 2. The van der Waals surface area contributed by atoms with Crippen molar-refractivity contribution in [3.8, 4) is 5.88 Å². The van der Waals surface area contributed by atoms with Crippen LogP contribution in [0.4, 0.5) is 0 Å². The summed E-state index contributed by atoms with van der Waals surface area (Å²) in [6.07, 6.45) is 1.57. The molecule has 0 atom stereocenters. The number of nitrogens with zero attached hydrogens (tertiary/aromatic N) is 1. The highest BCUT2D eigenvalue weighted by Gasteiger charge is 2.13. The molecule has 0 saturated heterocycles. The number of thiophene rings is 2. The first-order chi connectivity index (χ1) is 11.5. The number of rotatable bonds is 3. The molecule has 0 spiro atoms. The molecule has 0 N–H and O–H groups in total. The van der Waals surface area contributed by atoms with Gasteiger partial charge in [0.15, 0.2) is 5.78 Å². The molecule has 0 aliphatic carbocycles. The maximum Gasteiger partial charge on any atom is 0.346 e. The summed E-state index contributed by atoms with van der Waals surface area (Å²) < 4.78 is 6.76. The lowest BCUT2D eigenvalue weighted by molar-refractivity contribution is 0.0727. The van der Waals surface area contributed by atoms with Gasteiger partial charge in [-0.05, 0) is 67.7 Å². The molecule has 4 nitrogen and oxygen atoms in total. The third-order valence-electron chi connectivity index (χ3n) is 2.67. The van der Waals surface area contributed by atoms with Gasteiger partial charge in [0, 0.05) is 17.8 Å². The fourth-order valence-corrected chi connectivity index (χ4v) is 4.16. The third-order valence-corrected chi connectivity index (χ3v) is 6.04. The van der Waals surface area contributed by atoms with E-state index in [1.54, 1.807) is 37.4 Å². The fraction of sp³-hybridized carbons (Fsp3) is 0.0625. The van der Waals surface area contributed by atoms with Crippen LogP contribution in [0.1, 0.15) is 27.6 Å². The molecule has 24 heavy (non-hydrogen) atoms. The number of Topliss-reactive ketones (excluding diaryl/α,β-unsaturated/α-hetero) is 1. The van der Waals surface area contributed by atoms with Crippen LogP contribution in [0.2, 0.25) is 0 Å². The molecule has 3 heterocycles. The number of pyridine rings is 1. The molecule has 0 aliphatic heterocycles. The van der Waals surface area contributed by atoms with Gasteiger partial charge in [-0.25, -0.2) is 9.78 Å². The maximum atomic E-state index is 11.6. The fourth-order valence-electron chi connectivity index (χ4n) is 1.54. The Bertz CT molecular complexity index is 831. The second-order valence-electron chi connectivity index (χ2n) is 4.33. The van der Waals surface area contributed by atoms with Gasteiger partial charge in [0.25, 0.3) is 0 Å². The molecule has 0 aliphatic rings. The predicted molar refractivity (Wildman–Crippen MR) is 103 cm³/mol. The minimum atomic E-state index is -0.401. The van der Waals surface area contributed by atoms with Gasteiger partial charge in [0.2, 0.25) is 5.88 Å². The van der Waals surface area contributed by atoms with E-state index in [4.69, 9.17) is 4.74 Å². The van der Waals surface area contributed by atoms with Crippen molar-refractivity contribution in [3.63, 3.8) is 0 Å². The predicted octanol–water partition coefficient (Wildman–Crippen LogP) is 5.84. The van der Waals surface area contributed by atoms with Gasteiger partial charge in [-0.15, -0.1) is 22.7 Å². The van der Waals surface area contributed by atoms with Crippen molar-refractivity contribution in [1.29, 1.82) is 0 Å². The molecule has 0 fully saturated rings. The van der Waals surface area contributed by atoms with E-state index in [0.717, 1.165) is 13.1 Å². The Labute approximate surface area is 163 Å². The number of halogens is 2. The van der Waals surface area contributed by atoms with Crippen LogP contribution in [0.3, 0.4) is 0 Å². The first-order valence-corrected chi connectivity index (χ1v) is 9.93. The Morgan fingerprint density at radius 3 is 2.04 bits per heavy atom. The molecule has 0 bridgehead atoms. The van der Waals surface area contributed by atoms with Crippen molar-refractivity contribution in [2.45, 2.75) is 6.92 Å². The Kier molecular flexibility index (Phi) is 7.29. The van der Waals surface area contributed by atoms with Crippen LogP contribution >= 0.6 is 54.5 Å². The number of ether oxygens (including phenoxy) is 1. The van der Waals surface area contributed by atoms with Gasteiger partial charge < -0.3 is 4.74 Å². The van der Waals surface area contributed by atoms with Crippen molar-refractivity contribution >= 4 is 66.3 Å². The minimum Gasteiger partial charge on any atom is -0.404 e. The first-order valence-electron chi connectivity index (χ1n) is 6.59. The van der Waals surface area contributed by atoms with Gasteiger partial charge in [0.1, 0.15) is 0 Å². The van der Waals surface area contributed by atoms with Crippen LogP contribution in [0.5, 0.6) is 5.88 Å². The Hall–Kier alpha value is -1.35. The quantitative estimate of drug-likeness (QED) is 0.343. The molecular formula is C16H11Br2NO3S2. The largest absolute Gasteiger partial charge is 0.404 e. The van der Waals surface area contributed by atoms with E-state index in [0.29, 0.717) is 11.4 Å². The van der Waals surface area contributed by atoms with Crippen LogP contribution in [-0.2, 0) is 0 Å². The van der Waals surface area contributed by atoms with Crippen molar-refractivity contribution in [2.75, 3.05) is 0 Å². The SMILES string of the molecule is CC(=O)c1ccsc1Br.O=C(Oc1ccccn1)c1ccsc1Br. The van der Waals surface area contributed by atoms with E-state index in [2.05, 4.69) is 36.8 Å². The number of ketones is 1. The maximum absolute atomic E-state index is 11.6. The van der Waals surface area contributed by atoms with E-state index in [1.807, 2.05) is 16.8 Å². The zero-order chi connectivity index (χ0) is 17.5. The second kappa shape index (κ2) is 9.22. The molecule has 3 aromatic heterocycles. The van der Waals surface area contributed by atoms with Gasteiger partial charge in [-0.2, -0.15) is 0 Å². The van der Waals surface area contributed by atoms with E-state index >= 15 is 0 Å². The minimum absolute atomic E-state index is 0.114. The monoisotopic (exact) mass is 487 g/mol. The van der Waals surface area contributed by atoms with Crippen LogP contribution in [0.25, 0.3) is 0 Å². The first kappa shape index (κ1) is 19.0. The highest BCUT2D eigenvalue weighted by molar-refractivity contribution is 9.11. The Morgan fingerprint density at radius 2 is 1.62 bits per heavy atom. The summed E-state index contributed by atoms with van der Waals surface area (Å²) in [5.41, 5.74) is 1.30. The zero-order valence-electron chi connectivity index (χ0n) is 12.4.